The molecule has 0 spiro atoms. The van der Waals surface area contributed by atoms with E-state index in [1.165, 1.54) is 18.4 Å². The van der Waals surface area contributed by atoms with Gasteiger partial charge in [0, 0.05) is 6.42 Å². The van der Waals surface area contributed by atoms with Crippen LogP contribution in [0.25, 0.3) is 23.0 Å². The number of oxazole rings is 1. The van der Waals surface area contributed by atoms with Gasteiger partial charge in [0.05, 0.1) is 11.1 Å². The van der Waals surface area contributed by atoms with Gasteiger partial charge < -0.3 is 8.94 Å². The Morgan fingerprint density at radius 1 is 1.22 bits per heavy atom. The Balaban J connectivity index is 1.94. The molecule has 5 nitrogen and oxygen atoms in total. The molecule has 2 aromatic heterocycles. The summed E-state index contributed by atoms with van der Waals surface area (Å²) in [6.07, 6.45) is -0.0331. The number of alkyl halides is 2. The third-order valence-corrected chi connectivity index (χ3v) is 3.16. The summed E-state index contributed by atoms with van der Waals surface area (Å²) in [4.78, 5) is 8.18. The SMILES string of the molecule is CCCc1nc(-c2noc(-c3cccc(C(F)F)c3F)n2)co1. The molecule has 8 heteroatoms. The second kappa shape index (κ2) is 6.23. The van der Waals surface area contributed by atoms with E-state index in [2.05, 4.69) is 15.1 Å². The van der Waals surface area contributed by atoms with Gasteiger partial charge in [-0.3, -0.25) is 0 Å². The first kappa shape index (κ1) is 15.3. The Kier molecular flexibility index (Phi) is 4.14. The van der Waals surface area contributed by atoms with Gasteiger partial charge in [0.1, 0.15) is 17.8 Å². The quantitative estimate of drug-likeness (QED) is 0.695. The molecular formula is C15H12F3N3O2. The van der Waals surface area contributed by atoms with Crippen LogP contribution < -0.4 is 0 Å². The number of hydrogen-bond acceptors (Lipinski definition) is 5. The van der Waals surface area contributed by atoms with Crippen molar-refractivity contribution in [2.24, 2.45) is 0 Å². The predicted molar refractivity (Wildman–Crippen MR) is 74.1 cm³/mol. The van der Waals surface area contributed by atoms with E-state index < -0.39 is 17.8 Å². The molecule has 0 radical (unpaired) electrons. The van der Waals surface area contributed by atoms with Crippen molar-refractivity contribution in [2.75, 3.05) is 0 Å². The summed E-state index contributed by atoms with van der Waals surface area (Å²) >= 11 is 0. The molecule has 0 N–H and O–H groups in total. The summed E-state index contributed by atoms with van der Waals surface area (Å²) in [7, 11) is 0. The first-order valence-electron chi connectivity index (χ1n) is 6.95. The highest BCUT2D eigenvalue weighted by Crippen LogP contribution is 2.30. The molecule has 23 heavy (non-hydrogen) atoms. The van der Waals surface area contributed by atoms with Crippen LogP contribution in [0.5, 0.6) is 0 Å². The molecule has 0 saturated carbocycles. The van der Waals surface area contributed by atoms with Gasteiger partial charge in [-0.05, 0) is 12.5 Å². The average molecular weight is 323 g/mol. The van der Waals surface area contributed by atoms with E-state index in [0.717, 1.165) is 12.5 Å². The number of halogens is 3. The zero-order chi connectivity index (χ0) is 16.4. The van der Waals surface area contributed by atoms with Crippen molar-refractivity contribution in [2.45, 2.75) is 26.2 Å². The third-order valence-electron chi connectivity index (χ3n) is 3.16. The van der Waals surface area contributed by atoms with Gasteiger partial charge in [0.25, 0.3) is 12.3 Å². The van der Waals surface area contributed by atoms with Crippen LogP contribution in [-0.2, 0) is 6.42 Å². The van der Waals surface area contributed by atoms with Crippen molar-refractivity contribution in [1.29, 1.82) is 0 Å². The molecular weight excluding hydrogens is 311 g/mol. The van der Waals surface area contributed by atoms with Crippen molar-refractivity contribution in [3.63, 3.8) is 0 Å². The minimum absolute atomic E-state index is 0.105. The average Bonchev–Trinajstić information content (AvgIpc) is 3.16. The van der Waals surface area contributed by atoms with Crippen molar-refractivity contribution in [3.05, 3.63) is 41.7 Å². The van der Waals surface area contributed by atoms with Crippen LogP contribution in [-0.4, -0.2) is 15.1 Å². The molecule has 0 aliphatic heterocycles. The first-order chi connectivity index (χ1) is 11.1. The molecule has 0 bridgehead atoms. The van der Waals surface area contributed by atoms with E-state index in [4.69, 9.17) is 8.94 Å². The zero-order valence-electron chi connectivity index (χ0n) is 12.1. The Hall–Kier alpha value is -2.64. The number of benzene rings is 1. The molecule has 0 saturated heterocycles. The van der Waals surface area contributed by atoms with E-state index in [1.807, 2.05) is 6.92 Å². The normalized spacial score (nSPS) is 11.3. The van der Waals surface area contributed by atoms with Crippen LogP contribution in [0.2, 0.25) is 0 Å². The lowest BCUT2D eigenvalue weighted by atomic mass is 10.1. The standard InChI is InChI=1S/C15H12F3N3O2/c1-2-4-11-19-10(7-22-11)14-20-15(23-21-14)9-6-3-5-8(12(9)16)13(17)18/h3,5-7,13H,2,4H2,1H3. The Labute approximate surface area is 129 Å². The molecule has 0 aliphatic rings. The van der Waals surface area contributed by atoms with Crippen molar-refractivity contribution in [3.8, 4) is 23.0 Å². The Morgan fingerprint density at radius 3 is 2.78 bits per heavy atom. The van der Waals surface area contributed by atoms with E-state index in [-0.39, 0.29) is 17.3 Å². The van der Waals surface area contributed by atoms with Gasteiger partial charge in [-0.25, -0.2) is 18.2 Å². The van der Waals surface area contributed by atoms with Crippen molar-refractivity contribution >= 4 is 0 Å². The number of aromatic nitrogens is 3. The maximum Gasteiger partial charge on any atom is 0.266 e. The summed E-state index contributed by atoms with van der Waals surface area (Å²) < 4.78 is 49.8. The zero-order valence-corrected chi connectivity index (χ0v) is 12.1. The third kappa shape index (κ3) is 2.96. The molecule has 120 valence electrons. The van der Waals surface area contributed by atoms with Crippen molar-refractivity contribution in [1.82, 2.24) is 15.1 Å². The lowest BCUT2D eigenvalue weighted by Crippen LogP contribution is -1.94. The van der Waals surface area contributed by atoms with Crippen LogP contribution in [0, 0.1) is 5.82 Å². The molecule has 2 heterocycles. The van der Waals surface area contributed by atoms with E-state index in [1.54, 1.807) is 0 Å². The lowest BCUT2D eigenvalue weighted by molar-refractivity contribution is 0.146. The summed E-state index contributed by atoms with van der Waals surface area (Å²) in [6.45, 7) is 1.98. The number of aryl methyl sites for hydroxylation is 1. The van der Waals surface area contributed by atoms with Gasteiger partial charge in [-0.2, -0.15) is 4.98 Å². The fourth-order valence-corrected chi connectivity index (χ4v) is 2.06. The molecule has 0 fully saturated rings. The van der Waals surface area contributed by atoms with Gasteiger partial charge in [-0.1, -0.05) is 24.2 Å². The maximum absolute atomic E-state index is 14.1. The fourth-order valence-electron chi connectivity index (χ4n) is 2.06. The molecule has 1 aromatic carbocycles. The monoisotopic (exact) mass is 323 g/mol. The Morgan fingerprint density at radius 2 is 2.04 bits per heavy atom. The molecule has 0 unspecified atom stereocenters. The molecule has 0 amide bonds. The molecule has 0 aliphatic carbocycles. The summed E-state index contributed by atoms with van der Waals surface area (Å²) in [5.74, 6) is -0.641. The molecule has 0 atom stereocenters. The number of rotatable bonds is 5. The van der Waals surface area contributed by atoms with Gasteiger partial charge >= 0.3 is 0 Å². The van der Waals surface area contributed by atoms with Crippen LogP contribution >= 0.6 is 0 Å². The van der Waals surface area contributed by atoms with Crippen LogP contribution in [0.3, 0.4) is 0 Å². The number of hydrogen-bond donors (Lipinski definition) is 0. The first-order valence-corrected chi connectivity index (χ1v) is 6.95. The smallest absolute Gasteiger partial charge is 0.266 e. The van der Waals surface area contributed by atoms with E-state index >= 15 is 0 Å². The molecule has 3 rings (SSSR count). The van der Waals surface area contributed by atoms with Gasteiger partial charge in [0.2, 0.25) is 5.82 Å². The summed E-state index contributed by atoms with van der Waals surface area (Å²) in [5, 5.41) is 3.69. The highest BCUT2D eigenvalue weighted by molar-refractivity contribution is 5.58. The van der Waals surface area contributed by atoms with Crippen molar-refractivity contribution < 1.29 is 22.1 Å². The maximum atomic E-state index is 14.1. The minimum Gasteiger partial charge on any atom is -0.448 e. The highest BCUT2D eigenvalue weighted by atomic mass is 19.3. The summed E-state index contributed by atoms with van der Waals surface area (Å²) in [5.41, 5.74) is -0.554. The van der Waals surface area contributed by atoms with Crippen LogP contribution in [0.4, 0.5) is 13.2 Å². The van der Waals surface area contributed by atoms with E-state index in [0.29, 0.717) is 18.0 Å². The van der Waals surface area contributed by atoms with Crippen LogP contribution in [0.15, 0.2) is 33.4 Å². The minimum atomic E-state index is -2.93. The highest BCUT2D eigenvalue weighted by Gasteiger charge is 2.21. The topological polar surface area (TPSA) is 65.0 Å². The van der Waals surface area contributed by atoms with Gasteiger partial charge in [0.15, 0.2) is 5.89 Å². The summed E-state index contributed by atoms with van der Waals surface area (Å²) in [6, 6.07) is 3.61. The fraction of sp³-hybridized carbons (Fsp3) is 0.267. The largest absolute Gasteiger partial charge is 0.448 e. The van der Waals surface area contributed by atoms with Crippen LogP contribution in [0.1, 0.15) is 31.2 Å². The second-order valence-electron chi connectivity index (χ2n) is 4.81. The second-order valence-corrected chi connectivity index (χ2v) is 4.81. The molecule has 3 aromatic rings. The van der Waals surface area contributed by atoms with Gasteiger partial charge in [-0.15, -0.1) is 0 Å². The predicted octanol–water partition coefficient (Wildman–Crippen LogP) is 4.42. The number of nitrogens with zero attached hydrogens (tertiary/aromatic N) is 3. The van der Waals surface area contributed by atoms with E-state index in [9.17, 15) is 13.2 Å². The Bertz CT molecular complexity index is 814. The lowest BCUT2D eigenvalue weighted by Gasteiger charge is -2.03.